The number of imide groups is 1. The van der Waals surface area contributed by atoms with Crippen LogP contribution in [0.15, 0.2) is 76.6 Å². The average molecular weight is 742 g/mol. The highest BCUT2D eigenvalue weighted by Gasteiger charge is 2.69. The number of phenolic OH excluding ortho intramolecular Hbond substituents is 1. The SMILES string of the molecule is CCOC(=O)c1ccc(N2C(=O)C3C(C2=O)[C@@H]2C[C@H]3C3Sc4[nH]c(=O)sc4[C@H](c4ccc(OCC(=O)Nc5ccc(O)cc5)c(OCC)c4)C32)cc1. The number of aromatic hydroxyl groups is 1. The third-order valence-electron chi connectivity index (χ3n) is 10.5. The lowest BCUT2D eigenvalue weighted by atomic mass is 9.68. The standard InChI is InChI=1S/C38H35N3O9S2/c1-3-48-26-15-19(7-14-25(26)50-17-27(43)39-20-8-12-22(42)13-9-20)28-29-23-16-24(32(29)51-34-33(28)52-38(47)40-34)31-30(23)35(44)41(36(31)45)21-10-5-18(6-11-21)37(46)49-4-2/h5-15,23-24,28-32,42H,3-4,16-17H2,1-2H3,(H,39,43)(H,40,47)/t23-,24-,28-,29?,30?,31?,32?/m1/s1. The van der Waals surface area contributed by atoms with Crippen LogP contribution in [-0.2, 0) is 19.1 Å². The number of anilines is 2. The van der Waals surface area contributed by atoms with E-state index in [1.165, 1.54) is 28.4 Å². The van der Waals surface area contributed by atoms with Crippen LogP contribution in [0.4, 0.5) is 11.4 Å². The van der Waals surface area contributed by atoms with Gasteiger partial charge >= 0.3 is 10.8 Å². The Labute approximate surface area is 306 Å². The number of phenols is 1. The third kappa shape index (κ3) is 5.73. The molecule has 2 aliphatic carbocycles. The zero-order valence-electron chi connectivity index (χ0n) is 28.2. The topological polar surface area (TPSA) is 164 Å². The van der Waals surface area contributed by atoms with Gasteiger partial charge in [0.1, 0.15) is 5.75 Å². The molecule has 4 aliphatic rings. The largest absolute Gasteiger partial charge is 0.508 e. The first kappa shape index (κ1) is 34.0. The fraction of sp³-hybridized carbons (Fsp3) is 0.342. The summed E-state index contributed by atoms with van der Waals surface area (Å²) >= 11 is 2.77. The summed E-state index contributed by atoms with van der Waals surface area (Å²) in [6.07, 6.45) is 0.732. The number of amides is 3. The molecule has 2 bridgehead atoms. The summed E-state index contributed by atoms with van der Waals surface area (Å²) in [5.41, 5.74) is 2.18. The number of aromatic nitrogens is 1. The van der Waals surface area contributed by atoms with E-state index in [0.29, 0.717) is 35.0 Å². The Hall–Kier alpha value is -5.08. The number of rotatable bonds is 10. The van der Waals surface area contributed by atoms with Crippen molar-refractivity contribution in [2.24, 2.45) is 29.6 Å². The molecule has 3 aromatic carbocycles. The summed E-state index contributed by atoms with van der Waals surface area (Å²) < 4.78 is 17.0. The maximum atomic E-state index is 14.2. The minimum atomic E-state index is -0.496. The van der Waals surface area contributed by atoms with Gasteiger partial charge in [-0.3, -0.25) is 24.1 Å². The molecule has 7 atom stereocenters. The van der Waals surface area contributed by atoms with Gasteiger partial charge in [-0.25, -0.2) is 4.79 Å². The summed E-state index contributed by atoms with van der Waals surface area (Å²) in [5.74, 6) is -1.79. The van der Waals surface area contributed by atoms with Gasteiger partial charge in [0, 0.05) is 21.7 Å². The number of aromatic amines is 1. The van der Waals surface area contributed by atoms with Crippen molar-refractivity contribution in [3.63, 3.8) is 0 Å². The van der Waals surface area contributed by atoms with E-state index >= 15 is 0 Å². The molecule has 0 spiro atoms. The van der Waals surface area contributed by atoms with Gasteiger partial charge in [-0.05, 0) is 104 Å². The number of hydrogen-bond acceptors (Lipinski definition) is 11. The van der Waals surface area contributed by atoms with E-state index in [4.69, 9.17) is 14.2 Å². The number of thioether (sulfide) groups is 1. The van der Waals surface area contributed by atoms with E-state index in [2.05, 4.69) is 10.3 Å². The van der Waals surface area contributed by atoms with Crippen molar-refractivity contribution < 1.29 is 38.5 Å². The molecule has 3 amide bonds. The lowest BCUT2D eigenvalue weighted by Crippen LogP contribution is -2.42. The number of thiazole rings is 1. The van der Waals surface area contributed by atoms with Crippen LogP contribution < -0.4 is 24.6 Å². The molecule has 3 fully saturated rings. The first-order valence-corrected chi connectivity index (χ1v) is 18.9. The molecule has 268 valence electrons. The number of H-pyrrole nitrogens is 1. The van der Waals surface area contributed by atoms with Crippen LogP contribution in [0.2, 0.25) is 0 Å². The summed E-state index contributed by atoms with van der Waals surface area (Å²) in [5, 5.41) is 13.0. The maximum Gasteiger partial charge on any atom is 0.338 e. The van der Waals surface area contributed by atoms with Gasteiger partial charge in [0.15, 0.2) is 18.1 Å². The van der Waals surface area contributed by atoms with Crippen molar-refractivity contribution in [3.8, 4) is 17.2 Å². The van der Waals surface area contributed by atoms with Gasteiger partial charge in [-0.15, -0.1) is 11.8 Å². The van der Waals surface area contributed by atoms with Gasteiger partial charge in [0.25, 0.3) is 5.91 Å². The Morgan fingerprint density at radius 2 is 1.63 bits per heavy atom. The summed E-state index contributed by atoms with van der Waals surface area (Å²) in [4.78, 5) is 70.9. The highest BCUT2D eigenvalue weighted by molar-refractivity contribution is 8.00. The predicted molar refractivity (Wildman–Crippen MR) is 193 cm³/mol. The molecule has 12 nitrogen and oxygen atoms in total. The second kappa shape index (κ2) is 13.5. The highest BCUT2D eigenvalue weighted by atomic mass is 32.2. The predicted octanol–water partition coefficient (Wildman–Crippen LogP) is 5.41. The Morgan fingerprint density at radius 1 is 0.904 bits per heavy atom. The molecular formula is C38H35N3O9S2. The fourth-order valence-corrected chi connectivity index (χ4v) is 11.5. The molecule has 0 radical (unpaired) electrons. The molecule has 4 unspecified atom stereocenters. The van der Waals surface area contributed by atoms with Gasteiger partial charge in [0.2, 0.25) is 11.8 Å². The van der Waals surface area contributed by atoms with Crippen LogP contribution in [0.5, 0.6) is 17.2 Å². The number of hydrogen-bond donors (Lipinski definition) is 3. The Kier molecular flexibility index (Phi) is 8.82. The van der Waals surface area contributed by atoms with Gasteiger partial charge in [-0.1, -0.05) is 17.4 Å². The zero-order valence-corrected chi connectivity index (χ0v) is 29.8. The van der Waals surface area contributed by atoms with Crippen molar-refractivity contribution >= 4 is 58.2 Å². The first-order valence-electron chi connectivity index (χ1n) is 17.2. The molecule has 2 saturated carbocycles. The smallest absolute Gasteiger partial charge is 0.338 e. The van der Waals surface area contributed by atoms with Crippen LogP contribution in [0, 0.1) is 29.6 Å². The van der Waals surface area contributed by atoms with Gasteiger partial charge in [-0.2, -0.15) is 0 Å². The minimum Gasteiger partial charge on any atom is -0.508 e. The molecule has 1 aromatic heterocycles. The van der Waals surface area contributed by atoms with E-state index in [9.17, 15) is 29.1 Å². The van der Waals surface area contributed by atoms with E-state index in [1.807, 2.05) is 19.1 Å². The second-order valence-corrected chi connectivity index (χ2v) is 15.5. The van der Waals surface area contributed by atoms with E-state index in [-0.39, 0.29) is 70.5 Å². The number of ether oxygens (including phenoxy) is 3. The van der Waals surface area contributed by atoms with Crippen LogP contribution in [0.1, 0.15) is 47.0 Å². The average Bonchev–Trinajstić information content (AvgIpc) is 3.87. The minimum absolute atomic E-state index is 0.00745. The van der Waals surface area contributed by atoms with Crippen LogP contribution >= 0.6 is 23.1 Å². The molecule has 2 aliphatic heterocycles. The van der Waals surface area contributed by atoms with E-state index in [0.717, 1.165) is 21.9 Å². The molecule has 8 rings (SSSR count). The van der Waals surface area contributed by atoms with Gasteiger partial charge < -0.3 is 29.6 Å². The first-order chi connectivity index (χ1) is 25.2. The lowest BCUT2D eigenvalue weighted by molar-refractivity contribution is -0.123. The number of nitrogens with zero attached hydrogens (tertiary/aromatic N) is 1. The fourth-order valence-electron chi connectivity index (χ4n) is 8.60. The summed E-state index contributed by atoms with van der Waals surface area (Å²) in [6, 6.07) is 18.1. The normalized spacial score (nSPS) is 25.3. The number of carbonyl (C=O) groups is 4. The van der Waals surface area contributed by atoms with E-state index < -0.39 is 17.8 Å². The van der Waals surface area contributed by atoms with Gasteiger partial charge in [0.05, 0.1) is 41.3 Å². The second-order valence-electron chi connectivity index (χ2n) is 13.3. The summed E-state index contributed by atoms with van der Waals surface area (Å²) in [6.45, 7) is 3.89. The van der Waals surface area contributed by atoms with Crippen molar-refractivity contribution in [2.45, 2.75) is 36.5 Å². The molecule has 3 heterocycles. The van der Waals surface area contributed by atoms with Crippen LogP contribution in [0.3, 0.4) is 0 Å². The molecule has 4 aromatic rings. The van der Waals surface area contributed by atoms with Crippen molar-refractivity contribution in [1.82, 2.24) is 4.98 Å². The highest BCUT2D eigenvalue weighted by Crippen LogP contribution is 2.68. The Morgan fingerprint density at radius 3 is 2.35 bits per heavy atom. The Bertz CT molecular complexity index is 2130. The zero-order chi connectivity index (χ0) is 36.3. The maximum absolute atomic E-state index is 14.2. The monoisotopic (exact) mass is 741 g/mol. The number of benzene rings is 3. The number of esters is 1. The number of carbonyl (C=O) groups excluding carboxylic acids is 4. The van der Waals surface area contributed by atoms with Crippen molar-refractivity contribution in [2.75, 3.05) is 30.0 Å². The number of nitrogens with one attached hydrogen (secondary N) is 2. The van der Waals surface area contributed by atoms with Crippen molar-refractivity contribution in [3.05, 3.63) is 92.4 Å². The third-order valence-corrected chi connectivity index (χ3v) is 13.1. The molecule has 52 heavy (non-hydrogen) atoms. The van der Waals surface area contributed by atoms with E-state index in [1.54, 1.807) is 61.2 Å². The molecule has 3 N–H and O–H groups in total. The van der Waals surface area contributed by atoms with Crippen LogP contribution in [-0.4, -0.2) is 58.9 Å². The van der Waals surface area contributed by atoms with Crippen LogP contribution in [0.25, 0.3) is 0 Å². The molecule has 14 heteroatoms. The lowest BCUT2D eigenvalue weighted by Gasteiger charge is -2.43. The quantitative estimate of drug-likeness (QED) is 0.109. The molecular weight excluding hydrogens is 707 g/mol. The Balaban J connectivity index is 1.08. The summed E-state index contributed by atoms with van der Waals surface area (Å²) in [7, 11) is 0. The molecule has 1 saturated heterocycles. The number of fused-ring (bicyclic) bond motifs is 9. The van der Waals surface area contributed by atoms with Crippen molar-refractivity contribution in [1.29, 1.82) is 0 Å².